The number of carbonyl (C=O) groups is 3. The molecule has 0 aliphatic carbocycles. The van der Waals surface area contributed by atoms with Gasteiger partial charge in [0.25, 0.3) is 0 Å². The zero-order valence-electron chi connectivity index (χ0n) is 26.5. The molecule has 2 bridgehead atoms. The van der Waals surface area contributed by atoms with Crippen LogP contribution < -0.4 is 9.64 Å². The van der Waals surface area contributed by atoms with E-state index in [4.69, 9.17) is 14.2 Å². The molecular formula is C34H48N4O7. The van der Waals surface area contributed by atoms with Crippen LogP contribution in [0.3, 0.4) is 0 Å². The number of rotatable bonds is 16. The second-order valence-electron chi connectivity index (χ2n) is 12.2. The minimum absolute atomic E-state index is 0.00433. The third-order valence-electron chi connectivity index (χ3n) is 9.61. The molecule has 11 nitrogen and oxygen atoms in total. The molecule has 1 aromatic rings. The van der Waals surface area contributed by atoms with Gasteiger partial charge in [0.2, 0.25) is 17.7 Å². The summed E-state index contributed by atoms with van der Waals surface area (Å²) in [6, 6.07) is 6.47. The Bertz CT molecular complexity index is 1220. The molecule has 5 atom stereocenters. The Morgan fingerprint density at radius 3 is 2.49 bits per heavy atom. The fraction of sp³-hybridized carbons (Fsp3) is 0.618. The van der Waals surface area contributed by atoms with Gasteiger partial charge in [0, 0.05) is 58.1 Å². The fourth-order valence-electron chi connectivity index (χ4n) is 7.58. The Morgan fingerprint density at radius 1 is 1.09 bits per heavy atom. The van der Waals surface area contributed by atoms with Crippen LogP contribution in [0.1, 0.15) is 32.6 Å². The number of carbonyl (C=O) groups excluding carboxylic acids is 3. The van der Waals surface area contributed by atoms with E-state index < -0.39 is 29.6 Å². The van der Waals surface area contributed by atoms with Gasteiger partial charge in [-0.15, -0.1) is 13.2 Å². The Hall–Kier alpha value is -3.25. The number of unbranched alkanes of at least 4 members (excludes halogenated alkanes) is 1. The zero-order chi connectivity index (χ0) is 32.0. The highest BCUT2D eigenvalue weighted by Gasteiger charge is 2.74. The molecule has 4 aliphatic rings. The van der Waals surface area contributed by atoms with Gasteiger partial charge in [-0.2, -0.15) is 0 Å². The van der Waals surface area contributed by atoms with E-state index in [1.807, 2.05) is 31.2 Å². The van der Waals surface area contributed by atoms with Gasteiger partial charge in [-0.1, -0.05) is 12.2 Å². The summed E-state index contributed by atoms with van der Waals surface area (Å²) in [5, 5.41) is 9.49. The van der Waals surface area contributed by atoms with Crippen LogP contribution in [0.15, 0.2) is 49.6 Å². The van der Waals surface area contributed by atoms with Gasteiger partial charge in [-0.05, 0) is 56.9 Å². The molecule has 4 heterocycles. The minimum Gasteiger partial charge on any atom is -0.494 e. The Morgan fingerprint density at radius 2 is 1.82 bits per heavy atom. The maximum Gasteiger partial charge on any atom is 0.248 e. The lowest BCUT2D eigenvalue weighted by Crippen LogP contribution is -2.57. The maximum absolute atomic E-state index is 14.5. The van der Waals surface area contributed by atoms with Crippen molar-refractivity contribution in [2.24, 2.45) is 11.8 Å². The van der Waals surface area contributed by atoms with Crippen molar-refractivity contribution in [3.8, 4) is 5.75 Å². The Balaban J connectivity index is 1.44. The largest absolute Gasteiger partial charge is 0.494 e. The predicted molar refractivity (Wildman–Crippen MR) is 170 cm³/mol. The van der Waals surface area contributed by atoms with Crippen molar-refractivity contribution in [1.82, 2.24) is 14.7 Å². The second kappa shape index (κ2) is 14.9. The lowest BCUT2D eigenvalue weighted by atomic mass is 9.70. The first kappa shape index (κ1) is 33.1. The van der Waals surface area contributed by atoms with E-state index in [0.717, 1.165) is 13.1 Å². The smallest absolute Gasteiger partial charge is 0.248 e. The summed E-state index contributed by atoms with van der Waals surface area (Å²) in [5.74, 6) is -1.39. The highest BCUT2D eigenvalue weighted by Crippen LogP contribution is 2.59. The van der Waals surface area contributed by atoms with Crippen molar-refractivity contribution in [2.75, 3.05) is 77.1 Å². The third-order valence-corrected chi connectivity index (χ3v) is 9.61. The van der Waals surface area contributed by atoms with Gasteiger partial charge < -0.3 is 34.0 Å². The summed E-state index contributed by atoms with van der Waals surface area (Å²) in [7, 11) is 0. The number of anilines is 1. The number of aliphatic hydroxyl groups excluding tert-OH is 1. The number of nitrogens with zero attached hydrogens (tertiary/aromatic N) is 4. The number of fused-ring (bicyclic) bond motifs is 1. The first-order valence-electron chi connectivity index (χ1n) is 16.3. The SMILES string of the molecule is C=CCN(CCN1CCOCC1)C(=O)C1N(CCCCO)C(=O)[C@@H]2[C@@H](C(=O)N(CC=C)c3ccc(OCC)cc3)[C@H]3CCC12O3. The maximum atomic E-state index is 14.5. The Kier molecular flexibility index (Phi) is 11.0. The summed E-state index contributed by atoms with van der Waals surface area (Å²) in [5.41, 5.74) is -0.409. The normalized spacial score (nSPS) is 27.3. The molecule has 0 aromatic heterocycles. The molecule has 11 heteroatoms. The highest BCUT2D eigenvalue weighted by atomic mass is 16.5. The number of aliphatic hydroxyl groups is 1. The van der Waals surface area contributed by atoms with E-state index >= 15 is 0 Å². The number of morpholine rings is 1. The topological polar surface area (TPSA) is 112 Å². The third kappa shape index (κ3) is 6.54. The van der Waals surface area contributed by atoms with Crippen LogP contribution in [0.5, 0.6) is 5.75 Å². The summed E-state index contributed by atoms with van der Waals surface area (Å²) < 4.78 is 17.8. The molecular weight excluding hydrogens is 576 g/mol. The number of ether oxygens (including phenoxy) is 3. The van der Waals surface area contributed by atoms with E-state index in [2.05, 4.69) is 18.1 Å². The van der Waals surface area contributed by atoms with E-state index in [0.29, 0.717) is 83.1 Å². The van der Waals surface area contributed by atoms with Crippen LogP contribution in [0.25, 0.3) is 0 Å². The average molecular weight is 625 g/mol. The van der Waals surface area contributed by atoms with Crippen LogP contribution >= 0.6 is 0 Å². The summed E-state index contributed by atoms with van der Waals surface area (Å²) in [4.78, 5) is 50.7. The first-order valence-corrected chi connectivity index (χ1v) is 16.3. The molecule has 4 aliphatic heterocycles. The van der Waals surface area contributed by atoms with Crippen molar-refractivity contribution in [1.29, 1.82) is 0 Å². The summed E-state index contributed by atoms with van der Waals surface area (Å²) in [6.07, 6.45) is 5.09. The second-order valence-corrected chi connectivity index (χ2v) is 12.2. The van der Waals surface area contributed by atoms with Crippen molar-refractivity contribution >= 4 is 23.4 Å². The Labute approximate surface area is 266 Å². The fourth-order valence-corrected chi connectivity index (χ4v) is 7.58. The van der Waals surface area contributed by atoms with Crippen molar-refractivity contribution < 1.29 is 33.7 Å². The van der Waals surface area contributed by atoms with Crippen LogP contribution in [-0.4, -0.2) is 128 Å². The lowest BCUT2D eigenvalue weighted by Gasteiger charge is -2.37. The summed E-state index contributed by atoms with van der Waals surface area (Å²) in [6.45, 7) is 15.2. The molecule has 246 valence electrons. The lowest BCUT2D eigenvalue weighted by molar-refractivity contribution is -0.148. The monoisotopic (exact) mass is 624 g/mol. The predicted octanol–water partition coefficient (Wildman–Crippen LogP) is 2.10. The standard InChI is InChI=1S/C34H48N4O7/c1-4-15-36(19-18-35-20-23-43-24-21-35)33(42)30-34-14-13-27(45-34)28(29(34)32(41)38(30)17-7-8-22-39)31(40)37(16-5-2)25-9-11-26(12-10-25)44-6-3/h4-5,9-12,27-30,39H,1-2,6-8,13-24H2,3H3/t27-,28+,29+,30?,34?/m1/s1. The quantitative estimate of drug-likeness (QED) is 0.220. The number of likely N-dealkylation sites (tertiary alicyclic amines) is 1. The van der Waals surface area contributed by atoms with E-state index in [9.17, 15) is 19.5 Å². The number of hydrogen-bond donors (Lipinski definition) is 1. The molecule has 2 unspecified atom stereocenters. The molecule has 4 saturated heterocycles. The van der Waals surface area contributed by atoms with E-state index in [1.54, 1.807) is 26.9 Å². The van der Waals surface area contributed by atoms with Gasteiger partial charge in [0.15, 0.2) is 0 Å². The number of amides is 3. The number of benzene rings is 1. The molecule has 0 radical (unpaired) electrons. The van der Waals surface area contributed by atoms with Crippen molar-refractivity contribution in [2.45, 2.75) is 50.4 Å². The van der Waals surface area contributed by atoms with Gasteiger partial charge >= 0.3 is 0 Å². The van der Waals surface area contributed by atoms with Gasteiger partial charge in [-0.3, -0.25) is 19.3 Å². The molecule has 0 saturated carbocycles. The molecule has 45 heavy (non-hydrogen) atoms. The molecule has 1 N–H and O–H groups in total. The summed E-state index contributed by atoms with van der Waals surface area (Å²) >= 11 is 0. The minimum atomic E-state index is -1.09. The van der Waals surface area contributed by atoms with Crippen LogP contribution in [0, 0.1) is 11.8 Å². The highest BCUT2D eigenvalue weighted by molar-refractivity contribution is 6.03. The molecule has 5 rings (SSSR count). The van der Waals surface area contributed by atoms with Crippen LogP contribution in [0.4, 0.5) is 5.69 Å². The van der Waals surface area contributed by atoms with E-state index in [1.165, 1.54) is 0 Å². The van der Waals surface area contributed by atoms with Crippen molar-refractivity contribution in [3.63, 3.8) is 0 Å². The van der Waals surface area contributed by atoms with Gasteiger partial charge in [-0.25, -0.2) is 0 Å². The van der Waals surface area contributed by atoms with E-state index in [-0.39, 0.29) is 30.9 Å². The van der Waals surface area contributed by atoms with Crippen LogP contribution in [0.2, 0.25) is 0 Å². The zero-order valence-corrected chi connectivity index (χ0v) is 26.5. The van der Waals surface area contributed by atoms with Gasteiger partial charge in [0.1, 0.15) is 17.4 Å². The molecule has 1 spiro atoms. The van der Waals surface area contributed by atoms with Crippen molar-refractivity contribution in [3.05, 3.63) is 49.6 Å². The van der Waals surface area contributed by atoms with Crippen LogP contribution in [-0.2, 0) is 23.9 Å². The molecule has 1 aromatic carbocycles. The average Bonchev–Trinajstić information content (AvgIpc) is 3.70. The number of hydrogen-bond acceptors (Lipinski definition) is 8. The first-order chi connectivity index (χ1) is 21.9. The molecule has 4 fully saturated rings. The van der Waals surface area contributed by atoms with Gasteiger partial charge in [0.05, 0.1) is 37.8 Å². The molecule has 3 amide bonds.